The Balaban J connectivity index is 1.59. The minimum atomic E-state index is -1.16. The SMILES string of the molecule is C=CC(=O)N1C[C@@H](Nc2ncnc3[nH]cc([C@H]4CC4(C)F)c23)CC[C@H]1CC. The van der Waals surface area contributed by atoms with E-state index >= 15 is 0 Å². The van der Waals surface area contributed by atoms with Gasteiger partial charge in [-0.25, -0.2) is 14.4 Å². The lowest BCUT2D eigenvalue weighted by atomic mass is 9.96. The van der Waals surface area contributed by atoms with Crippen LogP contribution in [0.2, 0.25) is 0 Å². The molecule has 2 aromatic rings. The maximum Gasteiger partial charge on any atom is 0.246 e. The Morgan fingerprint density at radius 1 is 1.52 bits per heavy atom. The molecule has 2 N–H and O–H groups in total. The van der Waals surface area contributed by atoms with E-state index in [1.807, 2.05) is 11.1 Å². The number of halogens is 1. The fourth-order valence-electron chi connectivity index (χ4n) is 4.30. The molecule has 1 unspecified atom stereocenters. The summed E-state index contributed by atoms with van der Waals surface area (Å²) in [5.41, 5.74) is 0.486. The number of amides is 1. The first-order chi connectivity index (χ1) is 12.9. The third kappa shape index (κ3) is 3.19. The smallest absolute Gasteiger partial charge is 0.246 e. The van der Waals surface area contributed by atoms with E-state index in [0.717, 1.165) is 30.2 Å². The van der Waals surface area contributed by atoms with E-state index in [2.05, 4.69) is 33.8 Å². The van der Waals surface area contributed by atoms with Gasteiger partial charge in [0.2, 0.25) is 5.91 Å². The van der Waals surface area contributed by atoms with Crippen LogP contribution in [0, 0.1) is 0 Å². The van der Waals surface area contributed by atoms with Gasteiger partial charge in [0.1, 0.15) is 23.5 Å². The quantitative estimate of drug-likeness (QED) is 0.789. The first-order valence-electron chi connectivity index (χ1n) is 9.65. The second-order valence-electron chi connectivity index (χ2n) is 7.90. The van der Waals surface area contributed by atoms with Crippen molar-refractivity contribution >= 4 is 22.8 Å². The van der Waals surface area contributed by atoms with Gasteiger partial charge in [0.05, 0.1) is 5.39 Å². The summed E-state index contributed by atoms with van der Waals surface area (Å²) in [5.74, 6) is 0.562. The van der Waals surface area contributed by atoms with Gasteiger partial charge in [-0.2, -0.15) is 0 Å². The number of alkyl halides is 1. The van der Waals surface area contributed by atoms with Gasteiger partial charge in [0.25, 0.3) is 0 Å². The molecule has 1 aliphatic heterocycles. The molecule has 0 spiro atoms. The predicted molar refractivity (Wildman–Crippen MR) is 103 cm³/mol. The molecule has 2 aliphatic rings. The number of nitrogens with zero attached hydrogens (tertiary/aromatic N) is 3. The third-order valence-electron chi connectivity index (χ3n) is 6.02. The van der Waals surface area contributed by atoms with E-state index in [-0.39, 0.29) is 23.9 Å². The van der Waals surface area contributed by atoms with Crippen molar-refractivity contribution in [2.24, 2.45) is 0 Å². The molecule has 0 bridgehead atoms. The number of carbonyl (C=O) groups is 1. The van der Waals surface area contributed by atoms with Gasteiger partial charge in [-0.3, -0.25) is 4.79 Å². The summed E-state index contributed by atoms with van der Waals surface area (Å²) in [6.45, 7) is 7.98. The topological polar surface area (TPSA) is 73.9 Å². The molecule has 144 valence electrons. The van der Waals surface area contributed by atoms with Crippen LogP contribution in [0.3, 0.4) is 0 Å². The molecular formula is C20H26FN5O. The first-order valence-corrected chi connectivity index (χ1v) is 9.65. The highest BCUT2D eigenvalue weighted by Crippen LogP contribution is 2.56. The number of aromatic nitrogens is 3. The molecular weight excluding hydrogens is 345 g/mol. The lowest BCUT2D eigenvalue weighted by Gasteiger charge is -2.39. The van der Waals surface area contributed by atoms with Crippen LogP contribution in [0.4, 0.5) is 10.2 Å². The van der Waals surface area contributed by atoms with Crippen LogP contribution >= 0.6 is 0 Å². The van der Waals surface area contributed by atoms with Gasteiger partial charge < -0.3 is 15.2 Å². The molecule has 1 amide bonds. The number of carbonyl (C=O) groups excluding carboxylic acids is 1. The van der Waals surface area contributed by atoms with Crippen molar-refractivity contribution in [2.45, 2.75) is 63.2 Å². The Kier molecular flexibility index (Phi) is 4.40. The fourth-order valence-corrected chi connectivity index (χ4v) is 4.30. The van der Waals surface area contributed by atoms with Crippen molar-refractivity contribution < 1.29 is 9.18 Å². The standard InChI is InChI=1S/C20H26FN5O/c1-4-13-7-6-12(10-26(13)16(27)5-2)25-19-17-14(15-8-20(15,3)21)9-22-18(17)23-11-24-19/h5,9,11-13,15H,2,4,6-8,10H2,1,3H3,(H2,22,23,24,25)/t12-,13+,15+,20?/m0/s1. The molecule has 2 aromatic heterocycles. The van der Waals surface area contributed by atoms with E-state index in [1.165, 1.54) is 12.4 Å². The Bertz CT molecular complexity index is 876. The minimum Gasteiger partial charge on any atom is -0.365 e. The summed E-state index contributed by atoms with van der Waals surface area (Å²) in [7, 11) is 0. The lowest BCUT2D eigenvalue weighted by Crippen LogP contribution is -2.50. The van der Waals surface area contributed by atoms with Crippen LogP contribution in [-0.2, 0) is 4.79 Å². The molecule has 0 aromatic carbocycles. The minimum absolute atomic E-state index is 0.0327. The Hall–Kier alpha value is -2.44. The number of hydrogen-bond donors (Lipinski definition) is 2. The highest BCUT2D eigenvalue weighted by atomic mass is 19.1. The van der Waals surface area contributed by atoms with Crippen molar-refractivity contribution in [3.05, 3.63) is 30.7 Å². The zero-order valence-electron chi connectivity index (χ0n) is 15.8. The number of anilines is 1. The predicted octanol–water partition coefficient (Wildman–Crippen LogP) is 3.54. The van der Waals surface area contributed by atoms with Crippen molar-refractivity contribution in [1.29, 1.82) is 0 Å². The molecule has 7 heteroatoms. The van der Waals surface area contributed by atoms with Crippen molar-refractivity contribution in [3.8, 4) is 0 Å². The molecule has 6 nitrogen and oxygen atoms in total. The van der Waals surface area contributed by atoms with Crippen molar-refractivity contribution in [3.63, 3.8) is 0 Å². The van der Waals surface area contributed by atoms with Crippen LogP contribution in [0.15, 0.2) is 25.2 Å². The summed E-state index contributed by atoms with van der Waals surface area (Å²) in [5, 5.41) is 4.36. The first kappa shape index (κ1) is 17.9. The molecule has 1 aliphatic carbocycles. The number of aromatic amines is 1. The normalized spacial score (nSPS) is 30.3. The number of piperidine rings is 1. The van der Waals surface area contributed by atoms with Crippen LogP contribution in [0.25, 0.3) is 11.0 Å². The number of fused-ring (bicyclic) bond motifs is 1. The molecule has 3 heterocycles. The van der Waals surface area contributed by atoms with Gasteiger partial charge in [-0.1, -0.05) is 13.5 Å². The molecule has 4 rings (SSSR count). The Morgan fingerprint density at radius 3 is 2.96 bits per heavy atom. The lowest BCUT2D eigenvalue weighted by molar-refractivity contribution is -0.129. The number of likely N-dealkylation sites (tertiary alicyclic amines) is 1. The summed E-state index contributed by atoms with van der Waals surface area (Å²) >= 11 is 0. The van der Waals surface area contributed by atoms with Crippen LogP contribution in [0.5, 0.6) is 0 Å². The molecule has 27 heavy (non-hydrogen) atoms. The maximum atomic E-state index is 14.3. The molecule has 2 fully saturated rings. The second-order valence-corrected chi connectivity index (χ2v) is 7.90. The number of H-pyrrole nitrogens is 1. The molecule has 1 saturated heterocycles. The van der Waals surface area contributed by atoms with Crippen molar-refractivity contribution in [2.75, 3.05) is 11.9 Å². The van der Waals surface area contributed by atoms with Gasteiger partial charge in [-0.05, 0) is 44.2 Å². The van der Waals surface area contributed by atoms with Crippen LogP contribution in [-0.4, -0.2) is 50.1 Å². The monoisotopic (exact) mass is 371 g/mol. The number of nitrogens with one attached hydrogen (secondary N) is 2. The summed E-state index contributed by atoms with van der Waals surface area (Å²) in [6, 6.07) is 0.342. The number of rotatable bonds is 5. The average Bonchev–Trinajstić information content (AvgIpc) is 3.10. The average molecular weight is 371 g/mol. The summed E-state index contributed by atoms with van der Waals surface area (Å²) in [4.78, 5) is 26.0. The highest BCUT2D eigenvalue weighted by Gasteiger charge is 2.53. The van der Waals surface area contributed by atoms with Crippen LogP contribution in [0.1, 0.15) is 51.0 Å². The van der Waals surface area contributed by atoms with E-state index in [1.54, 1.807) is 6.92 Å². The van der Waals surface area contributed by atoms with E-state index < -0.39 is 5.67 Å². The Labute approximate surface area is 158 Å². The highest BCUT2D eigenvalue weighted by molar-refractivity contribution is 5.91. The number of hydrogen-bond acceptors (Lipinski definition) is 4. The Morgan fingerprint density at radius 2 is 2.30 bits per heavy atom. The molecule has 4 atom stereocenters. The fraction of sp³-hybridized carbons (Fsp3) is 0.550. The summed E-state index contributed by atoms with van der Waals surface area (Å²) < 4.78 is 14.3. The summed E-state index contributed by atoms with van der Waals surface area (Å²) in [6.07, 6.45) is 8.09. The van der Waals surface area contributed by atoms with Crippen LogP contribution < -0.4 is 5.32 Å². The van der Waals surface area contributed by atoms with E-state index in [4.69, 9.17) is 0 Å². The second kappa shape index (κ2) is 6.62. The van der Waals surface area contributed by atoms with E-state index in [9.17, 15) is 9.18 Å². The van der Waals surface area contributed by atoms with E-state index in [0.29, 0.717) is 24.4 Å². The van der Waals surface area contributed by atoms with Gasteiger partial charge in [0, 0.05) is 30.7 Å². The van der Waals surface area contributed by atoms with Gasteiger partial charge in [0.15, 0.2) is 0 Å². The largest absolute Gasteiger partial charge is 0.365 e. The van der Waals surface area contributed by atoms with Crippen molar-refractivity contribution in [1.82, 2.24) is 19.9 Å². The zero-order valence-corrected chi connectivity index (χ0v) is 15.8. The molecule has 1 saturated carbocycles. The van der Waals surface area contributed by atoms with Gasteiger partial charge in [-0.15, -0.1) is 0 Å². The maximum absolute atomic E-state index is 14.3. The molecule has 0 radical (unpaired) electrons. The van der Waals surface area contributed by atoms with Gasteiger partial charge >= 0.3 is 0 Å². The third-order valence-corrected chi connectivity index (χ3v) is 6.02. The zero-order chi connectivity index (χ0) is 19.2.